The fourth-order valence-electron chi connectivity index (χ4n) is 2.23. The summed E-state index contributed by atoms with van der Waals surface area (Å²) in [5, 5.41) is 47.0. The average Bonchev–Trinajstić information content (AvgIpc) is 2.53. The largest absolute Gasteiger partial charge is 0.394 e. The topological polar surface area (TPSA) is 182 Å². The molecular weight excluding hydrogens is 312 g/mol. The van der Waals surface area contributed by atoms with E-state index in [0.29, 0.717) is 0 Å². The maximum absolute atomic E-state index is 11.8. The number of anilines is 1. The lowest BCUT2D eigenvalue weighted by Crippen LogP contribution is -2.49. The van der Waals surface area contributed by atoms with E-state index in [-0.39, 0.29) is 30.3 Å². The van der Waals surface area contributed by atoms with Crippen LogP contribution < -0.4 is 16.1 Å². The van der Waals surface area contributed by atoms with Gasteiger partial charge in [0.25, 0.3) is 5.56 Å². The van der Waals surface area contributed by atoms with E-state index in [1.54, 1.807) is 0 Å². The molecular formula is C12H18N4O7. The fraction of sp³-hybridized carbons (Fsp3) is 0.583. The van der Waals surface area contributed by atoms with E-state index in [9.17, 15) is 30.0 Å². The van der Waals surface area contributed by atoms with Gasteiger partial charge in [0.15, 0.2) is 5.69 Å². The maximum atomic E-state index is 11.8. The molecule has 3 atom stereocenters. The number of aliphatic hydroxyl groups is 5. The van der Waals surface area contributed by atoms with Crippen molar-refractivity contribution in [2.24, 2.45) is 4.99 Å². The number of aromatic nitrogens is 2. The smallest absolute Gasteiger partial charge is 0.327 e. The Labute approximate surface area is 129 Å². The minimum absolute atomic E-state index is 0.00188. The number of aromatic amines is 2. The lowest BCUT2D eigenvalue weighted by Gasteiger charge is -2.32. The summed E-state index contributed by atoms with van der Waals surface area (Å²) >= 11 is 0. The summed E-state index contributed by atoms with van der Waals surface area (Å²) in [7, 11) is 0. The van der Waals surface area contributed by atoms with Crippen molar-refractivity contribution < 1.29 is 25.5 Å². The molecule has 0 fully saturated rings. The number of aliphatic imine (C=N–C) groups is 1. The van der Waals surface area contributed by atoms with Crippen LogP contribution in [0.4, 0.5) is 11.5 Å². The second-order valence-electron chi connectivity index (χ2n) is 5.13. The predicted molar refractivity (Wildman–Crippen MR) is 79.2 cm³/mol. The van der Waals surface area contributed by atoms with Gasteiger partial charge >= 0.3 is 5.69 Å². The molecule has 0 saturated carbocycles. The van der Waals surface area contributed by atoms with Crippen LogP contribution in [0.5, 0.6) is 0 Å². The normalized spacial score (nSPS) is 18.1. The summed E-state index contributed by atoms with van der Waals surface area (Å²) in [5.41, 5.74) is -1.44. The van der Waals surface area contributed by atoms with E-state index in [1.165, 1.54) is 4.90 Å². The number of nitrogens with zero attached hydrogens (tertiary/aromatic N) is 2. The Morgan fingerprint density at radius 1 is 1.13 bits per heavy atom. The second kappa shape index (κ2) is 7.02. The Kier molecular flexibility index (Phi) is 5.28. The number of rotatable bonds is 6. The molecule has 1 aromatic rings. The zero-order chi connectivity index (χ0) is 17.1. The monoisotopic (exact) mass is 330 g/mol. The summed E-state index contributed by atoms with van der Waals surface area (Å²) in [5.74, 6) is 0.0284. The van der Waals surface area contributed by atoms with E-state index in [2.05, 4.69) is 9.98 Å². The van der Waals surface area contributed by atoms with Crippen LogP contribution in [0, 0.1) is 0 Å². The minimum atomic E-state index is -1.63. The zero-order valence-electron chi connectivity index (χ0n) is 12.0. The fourth-order valence-corrected chi connectivity index (χ4v) is 2.23. The zero-order valence-corrected chi connectivity index (χ0v) is 12.0. The molecule has 11 nitrogen and oxygen atoms in total. The Morgan fingerprint density at radius 3 is 2.43 bits per heavy atom. The van der Waals surface area contributed by atoms with Crippen LogP contribution in [0.1, 0.15) is 0 Å². The molecule has 0 spiro atoms. The molecule has 7 N–H and O–H groups in total. The van der Waals surface area contributed by atoms with E-state index in [4.69, 9.17) is 5.11 Å². The van der Waals surface area contributed by atoms with Crippen LogP contribution in [0.2, 0.25) is 0 Å². The molecule has 0 radical (unpaired) electrons. The SMILES string of the molecule is O=c1[nH]c2c(c(=O)[nH]1)N=C(CO)CN2CC(O)C(O)C(O)CO. The molecule has 0 aromatic carbocycles. The molecule has 2 heterocycles. The van der Waals surface area contributed by atoms with E-state index >= 15 is 0 Å². The van der Waals surface area contributed by atoms with E-state index in [1.807, 2.05) is 4.98 Å². The van der Waals surface area contributed by atoms with Gasteiger partial charge in [-0.05, 0) is 0 Å². The van der Waals surface area contributed by atoms with Gasteiger partial charge in [-0.2, -0.15) is 0 Å². The van der Waals surface area contributed by atoms with Crippen molar-refractivity contribution >= 4 is 17.2 Å². The van der Waals surface area contributed by atoms with Gasteiger partial charge < -0.3 is 30.4 Å². The van der Waals surface area contributed by atoms with Crippen molar-refractivity contribution in [3.63, 3.8) is 0 Å². The van der Waals surface area contributed by atoms with Gasteiger partial charge in [-0.25, -0.2) is 9.79 Å². The molecule has 0 saturated heterocycles. The highest BCUT2D eigenvalue weighted by Gasteiger charge is 2.30. The maximum Gasteiger partial charge on any atom is 0.327 e. The standard InChI is InChI=1S/C12H18N4O7/c17-3-5-1-16(2-6(19)9(21)7(20)4-18)10-8(13-5)11(22)15-12(23)14-10/h6-7,9,17-21H,1-4H2,(H2,14,15,22,23). The number of nitrogens with one attached hydrogen (secondary N) is 2. The number of β-amino-alcohol motifs (C(OH)–C–C–N with tert-alkyl or cyclic N) is 1. The quantitative estimate of drug-likeness (QED) is 0.275. The molecule has 1 aliphatic rings. The highest BCUT2D eigenvalue weighted by molar-refractivity contribution is 5.95. The van der Waals surface area contributed by atoms with Crippen molar-refractivity contribution in [2.75, 3.05) is 31.2 Å². The van der Waals surface area contributed by atoms with Gasteiger partial charge in [0.1, 0.15) is 24.1 Å². The number of fused-ring (bicyclic) bond motifs is 1. The number of hydrogen-bond donors (Lipinski definition) is 7. The van der Waals surface area contributed by atoms with Crippen LogP contribution in [0.3, 0.4) is 0 Å². The lowest BCUT2D eigenvalue weighted by molar-refractivity contribution is -0.0730. The van der Waals surface area contributed by atoms with Crippen molar-refractivity contribution in [2.45, 2.75) is 18.3 Å². The third-order valence-electron chi connectivity index (χ3n) is 3.42. The van der Waals surface area contributed by atoms with Crippen LogP contribution >= 0.6 is 0 Å². The Morgan fingerprint density at radius 2 is 1.83 bits per heavy atom. The Hall–Kier alpha value is -2.05. The summed E-state index contributed by atoms with van der Waals surface area (Å²) in [4.78, 5) is 32.8. The van der Waals surface area contributed by atoms with Crippen LogP contribution in [-0.4, -0.2) is 85.8 Å². The van der Waals surface area contributed by atoms with Crippen LogP contribution in [0.15, 0.2) is 14.6 Å². The number of hydrogen-bond acceptors (Lipinski definition) is 9. The van der Waals surface area contributed by atoms with Gasteiger partial charge in [-0.15, -0.1) is 0 Å². The summed E-state index contributed by atoms with van der Waals surface area (Å²) in [6.45, 7) is -1.45. The minimum Gasteiger partial charge on any atom is -0.394 e. The number of aliphatic hydroxyl groups excluding tert-OH is 5. The van der Waals surface area contributed by atoms with Crippen molar-refractivity contribution in [1.82, 2.24) is 9.97 Å². The third kappa shape index (κ3) is 3.65. The first kappa shape index (κ1) is 17.3. The van der Waals surface area contributed by atoms with Gasteiger partial charge in [-0.3, -0.25) is 14.8 Å². The number of H-pyrrole nitrogens is 2. The van der Waals surface area contributed by atoms with Gasteiger partial charge in [-0.1, -0.05) is 0 Å². The predicted octanol–water partition coefficient (Wildman–Crippen LogP) is -3.98. The second-order valence-corrected chi connectivity index (χ2v) is 5.13. The van der Waals surface area contributed by atoms with Crippen molar-refractivity contribution in [3.8, 4) is 0 Å². The molecule has 128 valence electrons. The highest BCUT2D eigenvalue weighted by Crippen LogP contribution is 2.25. The first-order valence-electron chi connectivity index (χ1n) is 6.81. The molecule has 3 unspecified atom stereocenters. The van der Waals surface area contributed by atoms with Gasteiger partial charge in [0.2, 0.25) is 0 Å². The third-order valence-corrected chi connectivity index (χ3v) is 3.42. The Bertz CT molecular complexity index is 697. The van der Waals surface area contributed by atoms with Crippen LogP contribution in [0.25, 0.3) is 0 Å². The summed E-state index contributed by atoms with van der Waals surface area (Å²) < 4.78 is 0. The Balaban J connectivity index is 2.33. The molecule has 0 aliphatic carbocycles. The molecule has 0 amide bonds. The molecule has 1 aromatic heterocycles. The summed E-state index contributed by atoms with van der Waals surface area (Å²) in [6, 6.07) is 0. The van der Waals surface area contributed by atoms with Crippen molar-refractivity contribution in [3.05, 3.63) is 20.8 Å². The van der Waals surface area contributed by atoms with E-state index < -0.39 is 42.8 Å². The first-order valence-corrected chi connectivity index (χ1v) is 6.81. The van der Waals surface area contributed by atoms with Crippen molar-refractivity contribution in [1.29, 1.82) is 0 Å². The highest BCUT2D eigenvalue weighted by atomic mass is 16.4. The first-order chi connectivity index (χ1) is 10.9. The lowest BCUT2D eigenvalue weighted by atomic mass is 10.1. The van der Waals surface area contributed by atoms with Gasteiger partial charge in [0.05, 0.1) is 25.5 Å². The molecule has 2 rings (SSSR count). The van der Waals surface area contributed by atoms with E-state index in [0.717, 1.165) is 0 Å². The molecule has 23 heavy (non-hydrogen) atoms. The molecule has 0 bridgehead atoms. The van der Waals surface area contributed by atoms with Gasteiger partial charge in [0, 0.05) is 6.54 Å². The molecule has 1 aliphatic heterocycles. The summed E-state index contributed by atoms with van der Waals surface area (Å²) in [6.07, 6.45) is -4.65. The average molecular weight is 330 g/mol. The molecule has 11 heteroatoms. The van der Waals surface area contributed by atoms with Crippen LogP contribution in [-0.2, 0) is 0 Å².